The topological polar surface area (TPSA) is 69.0 Å². The van der Waals surface area contributed by atoms with Gasteiger partial charge in [0.05, 0.1) is 11.3 Å². The number of hydrogen-bond donors (Lipinski definition) is 1. The second kappa shape index (κ2) is 5.83. The molecule has 0 bridgehead atoms. The number of nitrogens with zero attached hydrogens (tertiary/aromatic N) is 3. The van der Waals surface area contributed by atoms with Gasteiger partial charge in [0.25, 0.3) is 0 Å². The minimum atomic E-state index is -0.325. The van der Waals surface area contributed by atoms with Crippen LogP contribution in [-0.4, -0.2) is 32.9 Å². The molecule has 1 heterocycles. The number of aromatic nitrogens is 3. The Kier molecular flexibility index (Phi) is 4.14. The van der Waals surface area contributed by atoms with E-state index in [-0.39, 0.29) is 18.1 Å². The molecule has 20 heavy (non-hydrogen) atoms. The Morgan fingerprint density at radius 3 is 2.55 bits per heavy atom. The second-order valence-corrected chi connectivity index (χ2v) is 5.34. The zero-order valence-electron chi connectivity index (χ0n) is 11.8. The standard InChI is InChI=1S/C14H18N4O2/c1-14(2,3)20-8-13(19)17-11-4-6-12(7-5-11)18-10-15-9-16-18/h4-7,9-10H,8H2,1-3H3,(H,17,19). The average Bonchev–Trinajstić information content (AvgIpc) is 2.90. The number of carbonyl (C=O) groups excluding carboxylic acids is 1. The van der Waals surface area contributed by atoms with E-state index in [0.29, 0.717) is 0 Å². The molecule has 2 rings (SSSR count). The molecule has 6 nitrogen and oxygen atoms in total. The Morgan fingerprint density at radius 2 is 2.00 bits per heavy atom. The molecule has 1 aromatic carbocycles. The number of nitrogens with one attached hydrogen (secondary N) is 1. The van der Waals surface area contributed by atoms with E-state index in [1.807, 2.05) is 45.0 Å². The molecule has 2 aromatic rings. The Hall–Kier alpha value is -2.21. The van der Waals surface area contributed by atoms with Crippen LogP contribution in [0.3, 0.4) is 0 Å². The molecule has 0 aliphatic heterocycles. The van der Waals surface area contributed by atoms with Crippen LogP contribution in [0.2, 0.25) is 0 Å². The molecule has 1 aromatic heterocycles. The third kappa shape index (κ3) is 4.17. The van der Waals surface area contributed by atoms with E-state index in [1.165, 1.54) is 6.33 Å². The summed E-state index contributed by atoms with van der Waals surface area (Å²) < 4.78 is 7.06. The number of benzene rings is 1. The summed E-state index contributed by atoms with van der Waals surface area (Å²) in [4.78, 5) is 15.6. The summed E-state index contributed by atoms with van der Waals surface area (Å²) in [6.45, 7) is 5.77. The van der Waals surface area contributed by atoms with E-state index < -0.39 is 0 Å². The lowest BCUT2D eigenvalue weighted by molar-refractivity contribution is -0.125. The van der Waals surface area contributed by atoms with E-state index >= 15 is 0 Å². The van der Waals surface area contributed by atoms with Crippen molar-refractivity contribution in [1.82, 2.24) is 14.8 Å². The lowest BCUT2D eigenvalue weighted by Gasteiger charge is -2.19. The molecule has 0 atom stereocenters. The van der Waals surface area contributed by atoms with Crippen molar-refractivity contribution >= 4 is 11.6 Å². The number of ether oxygens (including phenoxy) is 1. The van der Waals surface area contributed by atoms with Gasteiger partial charge in [0, 0.05) is 5.69 Å². The zero-order chi connectivity index (χ0) is 14.6. The van der Waals surface area contributed by atoms with Crippen LogP contribution in [0.4, 0.5) is 5.69 Å². The molecular formula is C14H18N4O2. The van der Waals surface area contributed by atoms with Gasteiger partial charge in [-0.25, -0.2) is 9.67 Å². The predicted octanol–water partition coefficient (Wildman–Crippen LogP) is 2.02. The van der Waals surface area contributed by atoms with Crippen molar-refractivity contribution in [3.05, 3.63) is 36.9 Å². The highest BCUT2D eigenvalue weighted by Gasteiger charge is 2.12. The molecule has 0 saturated heterocycles. The fraction of sp³-hybridized carbons (Fsp3) is 0.357. The van der Waals surface area contributed by atoms with Crippen LogP contribution in [0.25, 0.3) is 5.69 Å². The summed E-state index contributed by atoms with van der Waals surface area (Å²) in [6, 6.07) is 7.34. The average molecular weight is 274 g/mol. The first-order valence-corrected chi connectivity index (χ1v) is 6.33. The molecular weight excluding hydrogens is 256 g/mol. The summed E-state index contributed by atoms with van der Waals surface area (Å²) in [5, 5.41) is 6.81. The maximum Gasteiger partial charge on any atom is 0.250 e. The van der Waals surface area contributed by atoms with E-state index in [2.05, 4.69) is 15.4 Å². The summed E-state index contributed by atoms with van der Waals surface area (Å²) in [6.07, 6.45) is 3.09. The predicted molar refractivity (Wildman–Crippen MR) is 75.7 cm³/mol. The largest absolute Gasteiger partial charge is 0.366 e. The van der Waals surface area contributed by atoms with Gasteiger partial charge in [0.1, 0.15) is 19.3 Å². The molecule has 6 heteroatoms. The van der Waals surface area contributed by atoms with E-state index in [0.717, 1.165) is 11.4 Å². The normalized spacial score (nSPS) is 11.3. The van der Waals surface area contributed by atoms with Crippen molar-refractivity contribution in [2.45, 2.75) is 26.4 Å². The van der Waals surface area contributed by atoms with Crippen LogP contribution in [0.5, 0.6) is 0 Å². The first-order valence-electron chi connectivity index (χ1n) is 6.33. The van der Waals surface area contributed by atoms with Gasteiger partial charge in [0.15, 0.2) is 0 Å². The van der Waals surface area contributed by atoms with Gasteiger partial charge in [-0.15, -0.1) is 0 Å². The second-order valence-electron chi connectivity index (χ2n) is 5.34. The zero-order valence-corrected chi connectivity index (χ0v) is 11.8. The third-order valence-corrected chi connectivity index (χ3v) is 2.47. The molecule has 0 unspecified atom stereocenters. The summed E-state index contributed by atoms with van der Waals surface area (Å²) in [7, 11) is 0. The molecule has 1 N–H and O–H groups in total. The quantitative estimate of drug-likeness (QED) is 0.926. The van der Waals surface area contributed by atoms with Gasteiger partial charge in [-0.1, -0.05) is 0 Å². The van der Waals surface area contributed by atoms with Gasteiger partial charge in [-0.3, -0.25) is 4.79 Å². The summed E-state index contributed by atoms with van der Waals surface area (Å²) >= 11 is 0. The van der Waals surface area contributed by atoms with Crippen molar-refractivity contribution in [3.8, 4) is 5.69 Å². The number of amides is 1. The molecule has 0 fully saturated rings. The van der Waals surface area contributed by atoms with Crippen molar-refractivity contribution < 1.29 is 9.53 Å². The highest BCUT2D eigenvalue weighted by atomic mass is 16.5. The van der Waals surface area contributed by atoms with Crippen molar-refractivity contribution in [1.29, 1.82) is 0 Å². The van der Waals surface area contributed by atoms with Gasteiger partial charge < -0.3 is 10.1 Å². The van der Waals surface area contributed by atoms with Crippen LogP contribution >= 0.6 is 0 Å². The van der Waals surface area contributed by atoms with Crippen LogP contribution in [0.15, 0.2) is 36.9 Å². The van der Waals surface area contributed by atoms with Crippen LogP contribution < -0.4 is 5.32 Å². The van der Waals surface area contributed by atoms with Gasteiger partial charge in [-0.2, -0.15) is 5.10 Å². The summed E-state index contributed by atoms with van der Waals surface area (Å²) in [5.41, 5.74) is 1.27. The lowest BCUT2D eigenvalue weighted by Crippen LogP contribution is -2.27. The van der Waals surface area contributed by atoms with E-state index in [4.69, 9.17) is 4.74 Å². The van der Waals surface area contributed by atoms with E-state index in [9.17, 15) is 4.79 Å². The summed E-state index contributed by atoms with van der Waals surface area (Å²) in [5.74, 6) is -0.173. The highest BCUT2D eigenvalue weighted by Crippen LogP contribution is 2.12. The number of carbonyl (C=O) groups is 1. The fourth-order valence-electron chi connectivity index (χ4n) is 1.52. The lowest BCUT2D eigenvalue weighted by atomic mass is 10.2. The minimum absolute atomic E-state index is 0.0360. The Balaban J connectivity index is 1.92. The number of anilines is 1. The molecule has 0 aliphatic rings. The third-order valence-electron chi connectivity index (χ3n) is 2.47. The fourth-order valence-corrected chi connectivity index (χ4v) is 1.52. The molecule has 0 radical (unpaired) electrons. The smallest absolute Gasteiger partial charge is 0.250 e. The maximum atomic E-state index is 11.7. The maximum absolute atomic E-state index is 11.7. The van der Waals surface area contributed by atoms with Crippen molar-refractivity contribution in [3.63, 3.8) is 0 Å². The van der Waals surface area contributed by atoms with Crippen LogP contribution in [0, 0.1) is 0 Å². The highest BCUT2D eigenvalue weighted by molar-refractivity contribution is 5.91. The molecule has 0 spiro atoms. The minimum Gasteiger partial charge on any atom is -0.366 e. The van der Waals surface area contributed by atoms with Gasteiger partial charge in [0.2, 0.25) is 5.91 Å². The SMILES string of the molecule is CC(C)(C)OCC(=O)Nc1ccc(-n2cncn2)cc1. The van der Waals surface area contributed by atoms with Gasteiger partial charge in [-0.05, 0) is 45.0 Å². The Labute approximate surface area is 117 Å². The van der Waals surface area contributed by atoms with Gasteiger partial charge >= 0.3 is 0 Å². The van der Waals surface area contributed by atoms with Crippen molar-refractivity contribution in [2.24, 2.45) is 0 Å². The van der Waals surface area contributed by atoms with Crippen molar-refractivity contribution in [2.75, 3.05) is 11.9 Å². The number of rotatable bonds is 4. The van der Waals surface area contributed by atoms with Crippen LogP contribution in [-0.2, 0) is 9.53 Å². The Bertz CT molecular complexity index is 556. The monoisotopic (exact) mass is 274 g/mol. The van der Waals surface area contributed by atoms with E-state index in [1.54, 1.807) is 11.0 Å². The Morgan fingerprint density at radius 1 is 1.30 bits per heavy atom. The number of hydrogen-bond acceptors (Lipinski definition) is 4. The molecule has 106 valence electrons. The molecule has 1 amide bonds. The molecule has 0 saturated carbocycles. The molecule has 0 aliphatic carbocycles. The van der Waals surface area contributed by atoms with Crippen LogP contribution in [0.1, 0.15) is 20.8 Å². The first kappa shape index (κ1) is 14.2. The first-order chi connectivity index (χ1) is 9.44.